The lowest BCUT2D eigenvalue weighted by Crippen LogP contribution is -2.28. The molecule has 24 heavy (non-hydrogen) atoms. The molecule has 8 heteroatoms. The van der Waals surface area contributed by atoms with Gasteiger partial charge in [0.05, 0.1) is 4.92 Å². The number of carbonyl (C=O) groups excluding carboxylic acids is 1. The molecule has 0 heterocycles. The van der Waals surface area contributed by atoms with Crippen LogP contribution in [0, 0.1) is 16.0 Å². The fourth-order valence-corrected chi connectivity index (χ4v) is 2.72. The fourth-order valence-electron chi connectivity index (χ4n) is 2.72. The van der Waals surface area contributed by atoms with Gasteiger partial charge in [-0.3, -0.25) is 14.9 Å². The maximum Gasteiger partial charge on any atom is 0.294 e. The van der Waals surface area contributed by atoms with Crippen LogP contribution in [0.4, 0.5) is 25.8 Å². The zero-order valence-electron chi connectivity index (χ0n) is 13.5. The first-order chi connectivity index (χ1) is 11.3. The largest absolute Gasteiger partial charge is 0.379 e. The molecule has 1 amide bonds. The number of rotatable bonds is 6. The van der Waals surface area contributed by atoms with Gasteiger partial charge in [0.15, 0.2) is 0 Å². The Balaban J connectivity index is 2.01. The van der Waals surface area contributed by atoms with Crippen molar-refractivity contribution in [3.8, 4) is 0 Å². The first kappa shape index (κ1) is 18.1. The topological polar surface area (TPSA) is 84.3 Å². The van der Waals surface area contributed by atoms with Crippen LogP contribution in [0.1, 0.15) is 39.0 Å². The molecule has 0 saturated heterocycles. The van der Waals surface area contributed by atoms with Crippen molar-refractivity contribution in [3.63, 3.8) is 0 Å². The zero-order valence-corrected chi connectivity index (χ0v) is 13.5. The normalized spacial score (nSPS) is 17.3. The Morgan fingerprint density at radius 2 is 2.04 bits per heavy atom. The molecule has 0 radical (unpaired) electrons. The van der Waals surface area contributed by atoms with E-state index in [9.17, 15) is 23.7 Å². The molecular formula is C16H21F2N3O3. The second kappa shape index (κ2) is 7.55. The van der Waals surface area contributed by atoms with Gasteiger partial charge in [0, 0.05) is 37.6 Å². The molecule has 1 saturated carbocycles. The molecule has 0 unspecified atom stereocenters. The molecule has 0 aromatic heterocycles. The van der Waals surface area contributed by atoms with Crippen molar-refractivity contribution in [1.29, 1.82) is 0 Å². The summed E-state index contributed by atoms with van der Waals surface area (Å²) in [5.74, 6) is -2.74. The Kier molecular flexibility index (Phi) is 5.69. The summed E-state index contributed by atoms with van der Waals surface area (Å²) in [6, 6.07) is 4.41. The first-order valence-corrected chi connectivity index (χ1v) is 8.00. The quantitative estimate of drug-likeness (QED) is 0.600. The molecule has 0 aliphatic heterocycles. The van der Waals surface area contributed by atoms with Crippen molar-refractivity contribution < 1.29 is 18.5 Å². The lowest BCUT2D eigenvalue weighted by Gasteiger charge is -2.28. The fraction of sp³-hybridized carbons (Fsp3) is 0.562. The number of carbonyl (C=O) groups is 1. The molecule has 1 fully saturated rings. The number of hydrogen-bond acceptors (Lipinski definition) is 4. The number of halogens is 2. The van der Waals surface area contributed by atoms with E-state index in [2.05, 4.69) is 10.6 Å². The molecule has 0 atom stereocenters. The highest BCUT2D eigenvalue weighted by Crippen LogP contribution is 2.36. The van der Waals surface area contributed by atoms with E-state index in [1.54, 1.807) is 13.0 Å². The molecule has 2 N–H and O–H groups in total. The van der Waals surface area contributed by atoms with Crippen LogP contribution in [0.5, 0.6) is 0 Å². The van der Waals surface area contributed by atoms with Crippen molar-refractivity contribution in [3.05, 3.63) is 28.3 Å². The molecule has 1 aliphatic rings. The standard InChI is InChI=1S/C16H21F2N3O3/c1-2-15(22)20-12-3-4-13(14(9-12)21(23)24)19-10-11-5-7-16(17,18)8-6-11/h3-4,9,11,19H,2,5-8,10H2,1H3,(H,20,22). The highest BCUT2D eigenvalue weighted by Gasteiger charge is 2.34. The van der Waals surface area contributed by atoms with Gasteiger partial charge >= 0.3 is 0 Å². The average Bonchev–Trinajstić information content (AvgIpc) is 2.54. The van der Waals surface area contributed by atoms with E-state index < -0.39 is 10.8 Å². The molecule has 0 bridgehead atoms. The number of nitro benzene ring substituents is 1. The number of hydrogen-bond donors (Lipinski definition) is 2. The number of nitrogens with zero attached hydrogens (tertiary/aromatic N) is 1. The van der Waals surface area contributed by atoms with Gasteiger partial charge in [-0.1, -0.05) is 6.92 Å². The third-order valence-corrected chi connectivity index (χ3v) is 4.22. The lowest BCUT2D eigenvalue weighted by atomic mass is 9.87. The SMILES string of the molecule is CCC(=O)Nc1ccc(NCC2CCC(F)(F)CC2)c([N+](=O)[O-])c1. The van der Waals surface area contributed by atoms with Crippen LogP contribution in [0.25, 0.3) is 0 Å². The number of nitrogens with one attached hydrogen (secondary N) is 2. The van der Waals surface area contributed by atoms with Crippen LogP contribution in [-0.2, 0) is 4.79 Å². The zero-order chi connectivity index (χ0) is 17.7. The van der Waals surface area contributed by atoms with E-state index in [1.807, 2.05) is 0 Å². The van der Waals surface area contributed by atoms with E-state index in [1.165, 1.54) is 12.1 Å². The summed E-state index contributed by atoms with van der Waals surface area (Å²) in [6.07, 6.45) is 0.809. The van der Waals surface area contributed by atoms with E-state index >= 15 is 0 Å². The number of benzene rings is 1. The van der Waals surface area contributed by atoms with Gasteiger partial charge in [0.2, 0.25) is 11.8 Å². The smallest absolute Gasteiger partial charge is 0.294 e. The molecule has 0 spiro atoms. The predicted molar refractivity (Wildman–Crippen MR) is 87.4 cm³/mol. The lowest BCUT2D eigenvalue weighted by molar-refractivity contribution is -0.383. The Morgan fingerprint density at radius 3 is 2.62 bits per heavy atom. The molecule has 1 aliphatic carbocycles. The summed E-state index contributed by atoms with van der Waals surface area (Å²) < 4.78 is 26.3. The minimum Gasteiger partial charge on any atom is -0.379 e. The second-order valence-corrected chi connectivity index (χ2v) is 6.07. The summed E-state index contributed by atoms with van der Waals surface area (Å²) >= 11 is 0. The predicted octanol–water partition coefficient (Wildman–Crippen LogP) is 4.18. The number of nitro groups is 1. The molecule has 2 rings (SSSR count). The van der Waals surface area contributed by atoms with Gasteiger partial charge in [0.1, 0.15) is 5.69 Å². The van der Waals surface area contributed by atoms with E-state index in [4.69, 9.17) is 0 Å². The van der Waals surface area contributed by atoms with Crippen LogP contribution in [0.15, 0.2) is 18.2 Å². The van der Waals surface area contributed by atoms with Crippen LogP contribution in [0.3, 0.4) is 0 Å². The summed E-state index contributed by atoms with van der Waals surface area (Å²) in [6.45, 7) is 2.10. The second-order valence-electron chi connectivity index (χ2n) is 6.07. The number of alkyl halides is 2. The van der Waals surface area contributed by atoms with Gasteiger partial charge in [-0.2, -0.15) is 0 Å². The Morgan fingerprint density at radius 1 is 1.38 bits per heavy atom. The Bertz CT molecular complexity index is 613. The van der Waals surface area contributed by atoms with Gasteiger partial charge in [0.25, 0.3) is 5.69 Å². The van der Waals surface area contributed by atoms with Crippen molar-refractivity contribution >= 4 is 23.0 Å². The molecule has 132 valence electrons. The maximum absolute atomic E-state index is 13.1. The summed E-state index contributed by atoms with van der Waals surface area (Å²) in [7, 11) is 0. The summed E-state index contributed by atoms with van der Waals surface area (Å²) in [5, 5.41) is 16.8. The average molecular weight is 341 g/mol. The number of anilines is 2. The first-order valence-electron chi connectivity index (χ1n) is 8.00. The van der Waals surface area contributed by atoms with Crippen LogP contribution >= 0.6 is 0 Å². The van der Waals surface area contributed by atoms with E-state index in [0.29, 0.717) is 30.8 Å². The Labute approximate surface area is 138 Å². The van der Waals surface area contributed by atoms with Gasteiger partial charge in [-0.25, -0.2) is 8.78 Å². The Hall–Kier alpha value is -2.25. The third-order valence-electron chi connectivity index (χ3n) is 4.22. The molecule has 1 aromatic carbocycles. The van der Waals surface area contributed by atoms with E-state index in [0.717, 1.165) is 0 Å². The molecule has 6 nitrogen and oxygen atoms in total. The van der Waals surface area contributed by atoms with Crippen molar-refractivity contribution in [2.45, 2.75) is 45.0 Å². The van der Waals surface area contributed by atoms with Crippen LogP contribution in [-0.4, -0.2) is 23.3 Å². The van der Waals surface area contributed by atoms with Crippen molar-refractivity contribution in [2.24, 2.45) is 5.92 Å². The van der Waals surface area contributed by atoms with Crippen LogP contribution in [0.2, 0.25) is 0 Å². The number of amides is 1. The third kappa shape index (κ3) is 4.87. The monoisotopic (exact) mass is 341 g/mol. The summed E-state index contributed by atoms with van der Waals surface area (Å²) in [5.41, 5.74) is 0.535. The van der Waals surface area contributed by atoms with Crippen molar-refractivity contribution in [1.82, 2.24) is 0 Å². The van der Waals surface area contributed by atoms with Gasteiger partial charge < -0.3 is 10.6 Å². The maximum atomic E-state index is 13.1. The minimum absolute atomic E-state index is 0.0729. The van der Waals surface area contributed by atoms with Gasteiger partial charge in [-0.15, -0.1) is 0 Å². The highest BCUT2D eigenvalue weighted by molar-refractivity contribution is 5.91. The van der Waals surface area contributed by atoms with E-state index in [-0.39, 0.29) is 36.8 Å². The summed E-state index contributed by atoms with van der Waals surface area (Å²) in [4.78, 5) is 22.1. The van der Waals surface area contributed by atoms with Crippen molar-refractivity contribution in [2.75, 3.05) is 17.2 Å². The van der Waals surface area contributed by atoms with Crippen LogP contribution < -0.4 is 10.6 Å². The van der Waals surface area contributed by atoms with Gasteiger partial charge in [-0.05, 0) is 30.9 Å². The molecular weight excluding hydrogens is 320 g/mol. The molecule has 1 aromatic rings. The minimum atomic E-state index is -2.58. The highest BCUT2D eigenvalue weighted by atomic mass is 19.3.